The minimum atomic E-state index is -1.22. The molecule has 143 heavy (non-hydrogen) atoms. The van der Waals surface area contributed by atoms with E-state index in [1.807, 2.05) is 42.5 Å². The van der Waals surface area contributed by atoms with E-state index >= 15 is 0 Å². The lowest BCUT2D eigenvalue weighted by molar-refractivity contribution is -0.140. The van der Waals surface area contributed by atoms with Gasteiger partial charge >= 0.3 is 59.7 Å². The van der Waals surface area contributed by atoms with E-state index in [4.69, 9.17) is 133 Å². The first kappa shape index (κ1) is 121. The summed E-state index contributed by atoms with van der Waals surface area (Å²) >= 11 is 33.8. The molecule has 0 saturated carbocycles. The van der Waals surface area contributed by atoms with Crippen LogP contribution < -0.4 is 26.6 Å². The number of allylic oxidation sites excluding steroid dienone is 5. The summed E-state index contributed by atoms with van der Waals surface area (Å²) in [7, 11) is 6.29. The number of hydrogen-bond donors (Lipinski definition) is 8. The fourth-order valence-electron chi connectivity index (χ4n) is 15.3. The molecule has 5 aliphatic heterocycles. The predicted molar refractivity (Wildman–Crippen MR) is 545 cm³/mol. The molecule has 39 nitrogen and oxygen atoms in total. The number of dihydropyridines is 5. The van der Waals surface area contributed by atoms with Crippen LogP contribution in [0.4, 0.5) is 0 Å². The lowest BCUT2D eigenvalue weighted by Crippen LogP contribution is -2.35. The van der Waals surface area contributed by atoms with Crippen LogP contribution in [0.3, 0.4) is 0 Å². The number of carboxylic acid groups (broad SMARTS) is 3. The Labute approximate surface area is 872 Å². The number of hydrogen-bond acceptors (Lipinski definition) is 30. The van der Waals surface area contributed by atoms with Gasteiger partial charge in [-0.3, -0.25) is 0 Å². The maximum Gasteiger partial charge on any atom is 0.336 e. The smallest absolute Gasteiger partial charge is 0.336 e. The highest BCUT2D eigenvalue weighted by Gasteiger charge is 2.46. The van der Waals surface area contributed by atoms with Crippen LogP contribution in [0.1, 0.15) is 134 Å². The molecule has 5 heterocycles. The zero-order valence-electron chi connectivity index (χ0n) is 81.7. The number of carboxylic acids is 3. The second-order valence-corrected chi connectivity index (χ2v) is 32.0. The molecule has 770 valence electrons. The van der Waals surface area contributed by atoms with E-state index in [9.17, 15) is 63.3 Å². The number of nitrogens with zero attached hydrogens (tertiary/aromatic N) is 9. The Morgan fingerprint density at radius 2 is 0.517 bits per heavy atom. The topological polar surface area (TPSA) is 549 Å². The third kappa shape index (κ3) is 33.8. The van der Waals surface area contributed by atoms with Gasteiger partial charge in [-0.25, -0.2) is 47.9 Å². The van der Waals surface area contributed by atoms with Crippen molar-refractivity contribution in [2.45, 2.75) is 105 Å². The Kier molecular flexibility index (Phi) is 54.2. The summed E-state index contributed by atoms with van der Waals surface area (Å²) in [5.41, 5.74) is 33.6. The van der Waals surface area contributed by atoms with Crippen LogP contribution in [-0.4, -0.2) is 214 Å². The molecular formula is C97H113Cl6IN14O25. The molecular weight excluding hydrogens is 2100 g/mol. The summed E-state index contributed by atoms with van der Waals surface area (Å²) in [5, 5.41) is 56.7. The van der Waals surface area contributed by atoms with Crippen molar-refractivity contribution in [1.29, 1.82) is 0 Å². The van der Waals surface area contributed by atoms with E-state index in [1.165, 1.54) is 35.5 Å². The van der Waals surface area contributed by atoms with Crippen molar-refractivity contribution < 1.29 is 121 Å². The number of nitrogens with one attached hydrogen (secondary N) is 5. The van der Waals surface area contributed by atoms with Gasteiger partial charge in [0.05, 0.1) is 215 Å². The summed E-state index contributed by atoms with van der Waals surface area (Å²) in [5.74, 6) is -12.0. The van der Waals surface area contributed by atoms with E-state index in [-0.39, 0.29) is 154 Å². The van der Waals surface area contributed by atoms with Gasteiger partial charge in [-0.15, -0.1) is 12.4 Å². The lowest BCUT2D eigenvalue weighted by atomic mass is 9.80. The van der Waals surface area contributed by atoms with E-state index in [2.05, 4.69) is 56.7 Å². The number of esters is 7. The molecule has 0 saturated heterocycles. The fourth-order valence-corrected chi connectivity index (χ4v) is 16.5. The molecule has 46 heteroatoms. The predicted octanol–water partition coefficient (Wildman–Crippen LogP) is 18.3. The van der Waals surface area contributed by atoms with Crippen LogP contribution >= 0.6 is 93.0 Å². The van der Waals surface area contributed by atoms with Crippen LogP contribution in [0.2, 0.25) is 25.1 Å². The highest BCUT2D eigenvalue weighted by molar-refractivity contribution is 14.1. The Bertz CT molecular complexity index is 5800. The third-order valence-corrected chi connectivity index (χ3v) is 22.9. The molecule has 5 aromatic carbocycles. The van der Waals surface area contributed by atoms with Gasteiger partial charge in [-0.1, -0.05) is 201 Å². The van der Waals surface area contributed by atoms with Crippen molar-refractivity contribution in [3.63, 3.8) is 0 Å². The number of halogens is 7. The molecule has 5 atom stereocenters. The molecule has 0 aliphatic carbocycles. The largest absolute Gasteiger partial charge is 0.478 e. The number of benzene rings is 5. The Morgan fingerprint density at radius 3 is 0.685 bits per heavy atom. The number of carbonyl (C=O) groups is 10. The normalized spacial score (nSPS) is 16.3. The average Bonchev–Trinajstić information content (AvgIpc) is 0.819. The number of aliphatic carboxylic acids is 3. The van der Waals surface area contributed by atoms with Crippen molar-refractivity contribution >= 4 is 153 Å². The highest BCUT2D eigenvalue weighted by atomic mass is 127. The van der Waals surface area contributed by atoms with Gasteiger partial charge in [0.25, 0.3) is 0 Å². The first-order valence-electron chi connectivity index (χ1n) is 44.3. The number of methoxy groups -OCH3 is 5. The van der Waals surface area contributed by atoms with E-state index < -0.39 is 89.3 Å². The second kappa shape index (κ2) is 64.1. The van der Waals surface area contributed by atoms with Crippen LogP contribution in [-0.2, 0) is 105 Å². The molecule has 0 fully saturated rings. The molecule has 0 radical (unpaired) electrons. The van der Waals surface area contributed by atoms with Crippen molar-refractivity contribution in [2.24, 2.45) is 15.3 Å². The minimum absolute atomic E-state index is 0. The Morgan fingerprint density at radius 1 is 0.336 bits per heavy atom. The first-order chi connectivity index (χ1) is 68.6. The van der Waals surface area contributed by atoms with E-state index in [0.29, 0.717) is 128 Å². The molecule has 0 amide bonds. The monoisotopic (exact) mass is 2210 g/mol. The Hall–Kier alpha value is -12.6. The molecule has 5 aromatic rings. The van der Waals surface area contributed by atoms with E-state index in [0.717, 1.165) is 12.8 Å². The SMILES string of the molecule is CCCOCC1=C(C(=O)O)[C@H](c2ccccc2Cl)C(C(=O)OC)=C(C)N1.CCCOCC1=C(C(=O)OCC)[C@H](c2ccccc2Cl)C(C(=O)OC)=C(C)N1.CCOC(=O)C1=C(COCCN=[N+]=[N-])NC(C)=C(C(=O)OC)[C@H]1c1ccccc1Cl.COC(=O)C1=C(C)NC(COCCN=[N+]=[N-])=C(C(=O)O)C1c1ccccc1Cl.COC(=O)C1=C(C)NC(COCCN=[N+]=[N-])=C(C(=O)O)[C@@H]1c1ccccc1Cl.Cl.[2H]CI. The third-order valence-electron chi connectivity index (χ3n) is 21.1. The van der Waals surface area contributed by atoms with Gasteiger partial charge in [-0.05, 0) is 141 Å². The van der Waals surface area contributed by atoms with Crippen molar-refractivity contribution in [2.75, 3.05) is 139 Å². The molecule has 8 N–H and O–H groups in total. The van der Waals surface area contributed by atoms with Gasteiger partial charge in [0.2, 0.25) is 0 Å². The van der Waals surface area contributed by atoms with Crippen molar-refractivity contribution in [3.8, 4) is 0 Å². The quantitative estimate of drug-likeness (QED) is 0.00264. The zero-order valence-corrected chi connectivity index (χ0v) is 87.4. The minimum Gasteiger partial charge on any atom is -0.478 e. The lowest BCUT2D eigenvalue weighted by Gasteiger charge is -2.31. The highest BCUT2D eigenvalue weighted by Crippen LogP contribution is 2.48. The number of alkyl halides is 1. The van der Waals surface area contributed by atoms with Crippen molar-refractivity contribution in [1.82, 2.24) is 26.6 Å². The zero-order chi connectivity index (χ0) is 106. The molecule has 0 aromatic heterocycles. The summed E-state index contributed by atoms with van der Waals surface area (Å²) in [6.07, 6.45) is 1.66. The summed E-state index contributed by atoms with van der Waals surface area (Å²) < 4.78 is 68.9. The van der Waals surface area contributed by atoms with Gasteiger partial charge in [-0.2, -0.15) is 0 Å². The van der Waals surface area contributed by atoms with Crippen LogP contribution in [0, 0.1) is 0 Å². The van der Waals surface area contributed by atoms with Gasteiger partial charge in [0.1, 0.15) is 0 Å². The van der Waals surface area contributed by atoms with Crippen LogP contribution in [0.5, 0.6) is 0 Å². The number of azide groups is 3. The molecule has 5 aliphatic rings. The molecule has 1 unspecified atom stereocenters. The maximum absolute atomic E-state index is 12.9. The maximum atomic E-state index is 12.9. The van der Waals surface area contributed by atoms with Crippen LogP contribution in [0.15, 0.2) is 249 Å². The summed E-state index contributed by atoms with van der Waals surface area (Å²) in [4.78, 5) is 133. The standard InChI is InChI=1S/C21H26ClNO5.C20H23ClN4O5.C19H22ClNO5.2C18H19ClN4O5.CH3I.ClH/c1-5-11-27-12-16-19(21(25)28-6-2)18(14-9-7-8-10-15(14)22)17(13(3)23-16)20(24)26-4;1-4-30-20(27)18-15(11-29-10-9-23-25-22)24-12(2)16(19(26)28-3)17(18)13-7-5-6-8-14(13)21;1-4-9-26-10-14-17(18(22)23)16(12-7-5-6-8-13(12)20)15(11(2)21-14)19(24)25-3;2*1-10-14(18(26)27-2)15(11-5-3-4-6-12(11)19)16(17(24)25)13(22-10)9-28-8-7-21-23-20;1-2;/h7-10,18,23H,5-6,11-12H2,1-4H3;5-8,17,24H,4,9-11H2,1-3H3;5-8,16,21H,4,9-10H2,1-3H3,(H,22,23);2*3-6,15,22H,7-9H2,1-2H3,(H,24,25);1H3;1H/t18-;17-;16-;15-;;;/m1111.../s1/i;;;;;1D;. The van der Waals surface area contributed by atoms with Gasteiger partial charge in [0.15, 0.2) is 0 Å². The summed E-state index contributed by atoms with van der Waals surface area (Å²) in [6, 6.07) is 34.4. The van der Waals surface area contributed by atoms with Crippen molar-refractivity contribution in [3.05, 3.63) is 318 Å². The second-order valence-electron chi connectivity index (χ2n) is 30.0. The number of ether oxygens (including phenoxy) is 12. The van der Waals surface area contributed by atoms with E-state index in [1.54, 1.807) is 164 Å². The average molecular weight is 2220 g/mol. The number of rotatable bonds is 40. The molecule has 0 spiro atoms. The number of carbonyl (C=O) groups excluding carboxylic acids is 7. The van der Waals surface area contributed by atoms with Gasteiger partial charge in [0, 0.05) is 103 Å². The molecule has 10 rings (SSSR count). The van der Waals surface area contributed by atoms with Crippen LogP contribution in [0.25, 0.3) is 31.3 Å². The summed E-state index contributed by atoms with van der Waals surface area (Å²) in [6.45, 7) is 18.2. The first-order valence-corrected chi connectivity index (χ1v) is 47.0. The Balaban J connectivity index is 0.000000372. The van der Waals surface area contributed by atoms with Gasteiger partial charge < -0.3 is 98.7 Å². The fraction of sp³-hybridized carbons (Fsp3) is 0.381. The molecule has 0 bridgehead atoms.